The molecule has 0 atom stereocenters. The van der Waals surface area contributed by atoms with E-state index in [2.05, 4.69) is 0 Å². The number of hydrogen-bond acceptors (Lipinski definition) is 4. The number of amides is 3. The number of carbonyl (C=O) groups is 2. The average Bonchev–Trinajstić information content (AvgIpc) is 2.67. The monoisotopic (exact) mass is 319 g/mol. The first-order valence-electron chi connectivity index (χ1n) is 6.55. The van der Waals surface area contributed by atoms with Crippen LogP contribution in [-0.4, -0.2) is 26.9 Å². The van der Waals surface area contributed by atoms with Crippen molar-refractivity contribution in [1.29, 1.82) is 0 Å². The fourth-order valence-corrected chi connectivity index (χ4v) is 4.31. The van der Waals surface area contributed by atoms with Gasteiger partial charge in [-0.2, -0.15) is 0 Å². The lowest BCUT2D eigenvalue weighted by molar-refractivity contribution is -0.119. The number of hydrogen-bond donors (Lipinski definition) is 2. The number of benzene rings is 2. The number of anilines is 1. The van der Waals surface area contributed by atoms with Gasteiger partial charge in [0.15, 0.2) is 0 Å². The van der Waals surface area contributed by atoms with Crippen molar-refractivity contribution in [2.75, 3.05) is 10.8 Å². The maximum Gasteiger partial charge on any atom is 0.318 e. The predicted octanol–water partition coefficient (Wildman–Crippen LogP) is 0.933. The first kappa shape index (κ1) is 14.3. The topological polar surface area (TPSA) is 110 Å². The molecule has 0 unspecified atom stereocenters. The highest BCUT2D eigenvalue weighted by atomic mass is 32.2. The molecule has 0 radical (unpaired) electrons. The molecule has 2 aromatic rings. The summed E-state index contributed by atoms with van der Waals surface area (Å²) in [6.07, 6.45) is -0.160. The molecule has 2 aromatic carbocycles. The first-order chi connectivity index (χ1) is 10.4. The van der Waals surface area contributed by atoms with Crippen molar-refractivity contribution in [3.8, 4) is 0 Å². The zero-order chi connectivity index (χ0) is 15.9. The average molecular weight is 319 g/mol. The Morgan fingerprint density at radius 1 is 1.14 bits per heavy atom. The Morgan fingerprint density at radius 2 is 1.82 bits per heavy atom. The van der Waals surface area contributed by atoms with Crippen molar-refractivity contribution < 1.29 is 18.0 Å². The van der Waals surface area contributed by atoms with Crippen LogP contribution >= 0.6 is 0 Å². The van der Waals surface area contributed by atoms with Crippen molar-refractivity contribution in [3.05, 3.63) is 36.4 Å². The van der Waals surface area contributed by atoms with Crippen molar-refractivity contribution in [1.82, 2.24) is 5.32 Å². The Bertz CT molecular complexity index is 887. The molecule has 3 N–H and O–H groups in total. The summed E-state index contributed by atoms with van der Waals surface area (Å²) in [6, 6.07) is 9.40. The van der Waals surface area contributed by atoms with E-state index in [1.807, 2.05) is 17.4 Å². The Labute approximate surface area is 126 Å². The van der Waals surface area contributed by atoms with E-state index >= 15 is 0 Å². The van der Waals surface area contributed by atoms with Gasteiger partial charge < -0.3 is 5.73 Å². The molecule has 1 aliphatic heterocycles. The number of primary amides is 1. The van der Waals surface area contributed by atoms with E-state index in [0.717, 1.165) is 5.39 Å². The molecule has 3 rings (SSSR count). The maximum absolute atomic E-state index is 12.6. The van der Waals surface area contributed by atoms with Gasteiger partial charge in [-0.3, -0.25) is 14.4 Å². The smallest absolute Gasteiger partial charge is 0.318 e. The zero-order valence-corrected chi connectivity index (χ0v) is 12.3. The molecular weight excluding hydrogens is 306 g/mol. The van der Waals surface area contributed by atoms with Gasteiger partial charge in [0.25, 0.3) is 10.0 Å². The molecule has 0 spiro atoms. The summed E-state index contributed by atoms with van der Waals surface area (Å²) in [4.78, 5) is 22.4. The third kappa shape index (κ3) is 2.17. The van der Waals surface area contributed by atoms with E-state index in [9.17, 15) is 18.0 Å². The highest BCUT2D eigenvalue weighted by molar-refractivity contribution is 7.93. The summed E-state index contributed by atoms with van der Waals surface area (Å²) >= 11 is 0. The Morgan fingerprint density at radius 3 is 2.50 bits per heavy atom. The predicted molar refractivity (Wildman–Crippen MR) is 80.8 cm³/mol. The van der Waals surface area contributed by atoms with Gasteiger partial charge in [-0.05, 0) is 17.5 Å². The minimum absolute atomic E-state index is 0.0603. The minimum Gasteiger partial charge on any atom is -0.351 e. The van der Waals surface area contributed by atoms with Crippen molar-refractivity contribution in [3.63, 3.8) is 0 Å². The molecule has 22 heavy (non-hydrogen) atoms. The first-order valence-corrected chi connectivity index (χ1v) is 7.99. The number of sulfonamides is 1. The molecule has 114 valence electrons. The van der Waals surface area contributed by atoms with Crippen LogP contribution in [0.4, 0.5) is 10.5 Å². The largest absolute Gasteiger partial charge is 0.351 e. The van der Waals surface area contributed by atoms with Crippen LogP contribution in [0.1, 0.15) is 6.42 Å². The van der Waals surface area contributed by atoms with E-state index in [1.54, 1.807) is 24.3 Å². The molecule has 3 amide bonds. The van der Waals surface area contributed by atoms with Crippen LogP contribution in [0, 0.1) is 0 Å². The summed E-state index contributed by atoms with van der Waals surface area (Å²) in [6.45, 7) is -0.0603. The fourth-order valence-electron chi connectivity index (χ4n) is 2.60. The van der Waals surface area contributed by atoms with E-state index in [0.29, 0.717) is 11.1 Å². The van der Waals surface area contributed by atoms with Gasteiger partial charge >= 0.3 is 6.03 Å². The molecule has 0 saturated heterocycles. The highest BCUT2D eigenvalue weighted by Crippen LogP contribution is 2.41. The number of rotatable bonds is 3. The second-order valence-corrected chi connectivity index (χ2v) is 6.70. The number of nitrogens with one attached hydrogen (secondary N) is 1. The molecular formula is C14H13N3O4S. The molecule has 0 aliphatic carbocycles. The standard InChI is InChI=1S/C14H13N3O4S/c15-14(19)16-12(18)7-8-17-10-5-1-3-9-4-2-6-11(13(9)10)22(17,20)21/h1-6H,7-8H2,(H3,15,16,18,19). The quantitative estimate of drug-likeness (QED) is 0.877. The van der Waals surface area contributed by atoms with Gasteiger partial charge in [0, 0.05) is 18.4 Å². The minimum atomic E-state index is -3.69. The summed E-state index contributed by atoms with van der Waals surface area (Å²) in [5.41, 5.74) is 5.40. The Kier molecular flexibility index (Phi) is 3.25. The summed E-state index contributed by atoms with van der Waals surface area (Å²) < 4.78 is 26.4. The lowest BCUT2D eigenvalue weighted by Gasteiger charge is -2.18. The van der Waals surface area contributed by atoms with Crippen molar-refractivity contribution in [2.45, 2.75) is 11.3 Å². The van der Waals surface area contributed by atoms with Crippen molar-refractivity contribution >= 4 is 38.4 Å². The van der Waals surface area contributed by atoms with Crippen LogP contribution < -0.4 is 15.4 Å². The molecule has 0 fully saturated rings. The van der Waals surface area contributed by atoms with Crippen LogP contribution in [0.25, 0.3) is 10.8 Å². The zero-order valence-electron chi connectivity index (χ0n) is 11.4. The summed E-state index contributed by atoms with van der Waals surface area (Å²) in [5, 5.41) is 3.39. The molecule has 0 bridgehead atoms. The van der Waals surface area contributed by atoms with Gasteiger partial charge in [-0.25, -0.2) is 13.2 Å². The van der Waals surface area contributed by atoms with Crippen LogP contribution in [0.15, 0.2) is 41.3 Å². The van der Waals surface area contributed by atoms with Gasteiger partial charge in [0.1, 0.15) is 0 Å². The molecule has 8 heteroatoms. The van der Waals surface area contributed by atoms with Gasteiger partial charge in [0.05, 0.1) is 10.6 Å². The van der Waals surface area contributed by atoms with Crippen LogP contribution in [0.5, 0.6) is 0 Å². The number of nitrogens with zero attached hydrogens (tertiary/aromatic N) is 1. The number of urea groups is 1. The lowest BCUT2D eigenvalue weighted by Crippen LogP contribution is -2.38. The van der Waals surface area contributed by atoms with Crippen LogP contribution in [0.3, 0.4) is 0 Å². The number of imide groups is 1. The number of carbonyl (C=O) groups excluding carboxylic acids is 2. The van der Waals surface area contributed by atoms with Crippen LogP contribution in [0.2, 0.25) is 0 Å². The van der Waals surface area contributed by atoms with Gasteiger partial charge in [-0.15, -0.1) is 0 Å². The van der Waals surface area contributed by atoms with E-state index < -0.39 is 22.0 Å². The fraction of sp³-hybridized carbons (Fsp3) is 0.143. The molecule has 1 heterocycles. The molecule has 7 nitrogen and oxygen atoms in total. The Hall–Kier alpha value is -2.61. The summed E-state index contributed by atoms with van der Waals surface area (Å²) in [7, 11) is -3.69. The van der Waals surface area contributed by atoms with E-state index in [-0.39, 0.29) is 17.9 Å². The van der Waals surface area contributed by atoms with Crippen LogP contribution in [-0.2, 0) is 14.8 Å². The highest BCUT2D eigenvalue weighted by Gasteiger charge is 2.35. The summed E-state index contributed by atoms with van der Waals surface area (Å²) in [5.74, 6) is -0.620. The van der Waals surface area contributed by atoms with Gasteiger partial charge in [0.2, 0.25) is 5.91 Å². The van der Waals surface area contributed by atoms with Crippen molar-refractivity contribution in [2.24, 2.45) is 5.73 Å². The van der Waals surface area contributed by atoms with E-state index in [1.165, 1.54) is 4.31 Å². The maximum atomic E-state index is 12.6. The number of nitrogens with two attached hydrogens (primary N) is 1. The Balaban J connectivity index is 1.96. The van der Waals surface area contributed by atoms with E-state index in [4.69, 9.17) is 5.73 Å². The lowest BCUT2D eigenvalue weighted by atomic mass is 10.1. The third-order valence-electron chi connectivity index (χ3n) is 3.49. The van der Waals surface area contributed by atoms with Gasteiger partial charge in [-0.1, -0.05) is 24.3 Å². The third-order valence-corrected chi connectivity index (χ3v) is 5.34. The molecule has 0 saturated carbocycles. The second-order valence-electron chi connectivity index (χ2n) is 4.87. The SMILES string of the molecule is NC(=O)NC(=O)CCN1c2cccc3cccc(c23)S1(=O)=O. The molecule has 0 aromatic heterocycles. The normalized spacial score (nSPS) is 15.0. The second kappa shape index (κ2) is 4.99. The molecule has 1 aliphatic rings.